The van der Waals surface area contributed by atoms with Gasteiger partial charge in [0.1, 0.15) is 0 Å². The van der Waals surface area contributed by atoms with Gasteiger partial charge in [-0.1, -0.05) is 49.3 Å². The molecule has 0 aliphatic heterocycles. The Morgan fingerprint density at radius 3 is 1.83 bits per heavy atom. The van der Waals surface area contributed by atoms with Crippen molar-refractivity contribution in [1.82, 2.24) is 0 Å². The molecular weight excluding hydrogens is 565 g/mol. The fourth-order valence-corrected chi connectivity index (χ4v) is 17.0. The normalized spacial score (nSPS) is 32.6. The van der Waals surface area contributed by atoms with Gasteiger partial charge in [-0.15, -0.1) is 0 Å². The van der Waals surface area contributed by atoms with Crippen LogP contribution in [0.15, 0.2) is 35.4 Å². The molecule has 8 aliphatic rings. The second-order valence-corrected chi connectivity index (χ2v) is 18.4. The van der Waals surface area contributed by atoms with Gasteiger partial charge in [-0.2, -0.15) is 0 Å². The van der Waals surface area contributed by atoms with Gasteiger partial charge in [-0.3, -0.25) is 0 Å². The van der Waals surface area contributed by atoms with E-state index in [-0.39, 0.29) is 16.2 Å². The molecule has 214 valence electrons. The maximum atomic E-state index is 2.97. The SMILES string of the molecule is CC1=C(C)C2(C)C1(C)C1c3cc4c5c3c3c6c7c8c9c%10c%11c(cc%12c%13c%14c(cc(c%15c5c5c3c7c%10c(c%13%11)c5c%14%15)C4)C%12)CC9CC8=CC612. The van der Waals surface area contributed by atoms with E-state index in [9.17, 15) is 0 Å². The summed E-state index contributed by atoms with van der Waals surface area (Å²) in [4.78, 5) is 0. The second kappa shape index (κ2) is 4.95. The summed E-state index contributed by atoms with van der Waals surface area (Å²) in [5.41, 5.74) is 20.7. The van der Waals surface area contributed by atoms with Crippen molar-refractivity contribution in [1.29, 1.82) is 0 Å². The zero-order valence-electron chi connectivity index (χ0n) is 26.8. The first-order chi connectivity index (χ1) is 22.9. The van der Waals surface area contributed by atoms with Crippen LogP contribution in [0.2, 0.25) is 0 Å². The van der Waals surface area contributed by atoms with Crippen LogP contribution in [0.25, 0.3) is 103 Å². The molecule has 1 saturated carbocycles. The highest BCUT2D eigenvalue weighted by Crippen LogP contribution is 2.90. The molecule has 8 aliphatic carbocycles. The Morgan fingerprint density at radius 1 is 0.532 bits per heavy atom. The van der Waals surface area contributed by atoms with Crippen molar-refractivity contribution in [2.24, 2.45) is 10.8 Å². The van der Waals surface area contributed by atoms with Crippen molar-refractivity contribution >= 4 is 103 Å². The van der Waals surface area contributed by atoms with Crippen molar-refractivity contribution in [3.63, 3.8) is 0 Å². The fourth-order valence-electron chi connectivity index (χ4n) is 17.0. The Labute approximate surface area is 268 Å². The van der Waals surface area contributed by atoms with Crippen molar-refractivity contribution < 1.29 is 0 Å². The maximum absolute atomic E-state index is 2.97. The van der Waals surface area contributed by atoms with Gasteiger partial charge < -0.3 is 0 Å². The van der Waals surface area contributed by atoms with Crippen LogP contribution in [0.5, 0.6) is 0 Å². The topological polar surface area (TPSA) is 0 Å². The number of benzene rings is 6. The third-order valence-electron chi connectivity index (χ3n) is 18.3. The van der Waals surface area contributed by atoms with Crippen LogP contribution in [0, 0.1) is 10.8 Å². The van der Waals surface area contributed by atoms with E-state index in [0.717, 1.165) is 12.8 Å². The van der Waals surface area contributed by atoms with Gasteiger partial charge in [0.15, 0.2) is 0 Å². The number of allylic oxidation sites excluding steroid dienone is 4. The zero-order valence-corrected chi connectivity index (χ0v) is 26.8. The van der Waals surface area contributed by atoms with E-state index in [1.807, 2.05) is 0 Å². The predicted molar refractivity (Wildman–Crippen MR) is 195 cm³/mol. The van der Waals surface area contributed by atoms with Gasteiger partial charge in [-0.05, 0) is 198 Å². The Hall–Kier alpha value is -4.42. The second-order valence-electron chi connectivity index (χ2n) is 18.4. The average molecular weight is 591 g/mol. The highest BCUT2D eigenvalue weighted by molar-refractivity contribution is 6.62. The third-order valence-corrected chi connectivity index (χ3v) is 18.3. The van der Waals surface area contributed by atoms with Gasteiger partial charge in [0.05, 0.1) is 0 Å². The molecule has 0 heteroatoms. The number of hydrogen-bond donors (Lipinski definition) is 0. The van der Waals surface area contributed by atoms with Gasteiger partial charge in [0.25, 0.3) is 0 Å². The van der Waals surface area contributed by atoms with Crippen LogP contribution in [-0.2, 0) is 24.7 Å². The highest BCUT2D eigenvalue weighted by Gasteiger charge is 2.83. The molecule has 1 fully saturated rings. The van der Waals surface area contributed by atoms with Gasteiger partial charge in [0.2, 0.25) is 0 Å². The van der Waals surface area contributed by atoms with Gasteiger partial charge in [-0.25, -0.2) is 0 Å². The molecule has 10 aromatic carbocycles. The summed E-state index contributed by atoms with van der Waals surface area (Å²) in [6, 6.07) is 8.20. The molecule has 5 atom stereocenters. The lowest BCUT2D eigenvalue weighted by Crippen LogP contribution is -2.76. The number of fused-ring (bicyclic) bond motifs is 3. The number of hydrogen-bond acceptors (Lipinski definition) is 0. The quantitative estimate of drug-likeness (QED) is 0.122. The van der Waals surface area contributed by atoms with Gasteiger partial charge >= 0.3 is 0 Å². The highest BCUT2D eigenvalue weighted by atomic mass is 14.8. The molecule has 0 aromatic heterocycles. The minimum atomic E-state index is 0.0591. The lowest BCUT2D eigenvalue weighted by Gasteiger charge is -2.82. The number of rotatable bonds is 0. The molecule has 0 N–H and O–H groups in total. The van der Waals surface area contributed by atoms with Crippen LogP contribution in [0.1, 0.15) is 96.0 Å². The van der Waals surface area contributed by atoms with Crippen LogP contribution in [0.3, 0.4) is 0 Å². The fraction of sp³-hybridized carbons (Fsp3) is 0.277. The molecule has 0 amide bonds. The average Bonchev–Trinajstić information content (AvgIpc) is 3.89. The first-order valence-electron chi connectivity index (χ1n) is 18.4. The minimum absolute atomic E-state index is 0.0591. The smallest absolute Gasteiger partial charge is 0.0327 e. The van der Waals surface area contributed by atoms with E-state index < -0.39 is 0 Å². The molecule has 10 aromatic rings. The Bertz CT molecular complexity index is 3560. The molecule has 0 heterocycles. The van der Waals surface area contributed by atoms with Crippen LogP contribution >= 0.6 is 0 Å². The van der Waals surface area contributed by atoms with Crippen LogP contribution in [0.4, 0.5) is 0 Å². The summed E-state index contributed by atoms with van der Waals surface area (Å²) >= 11 is 0. The standard InChI is InChI=1S/C47H26/c1-13-14(2)46(4)45(13,3)44-22-11-20-9-18-7-16-5-15-6-17-8-19-10-21-12-47(44,46)43-41-29(21)25(19)33-27(17)31-23(15)24(16)32-28(18)34-26(20)30(22)42(43)40-38(34)36(32)35(31)37(33)39(40)41/h6-7,11-12,19,44H,5,8-10H2,1-4H3. The van der Waals surface area contributed by atoms with E-state index >= 15 is 0 Å². The third kappa shape index (κ3) is 1.29. The molecule has 0 radical (unpaired) electrons. The molecule has 0 bridgehead atoms. The molecular formula is C47H26. The van der Waals surface area contributed by atoms with Crippen molar-refractivity contribution in [3.8, 4) is 0 Å². The summed E-state index contributed by atoms with van der Waals surface area (Å²) < 4.78 is 0. The Morgan fingerprint density at radius 2 is 1.09 bits per heavy atom. The van der Waals surface area contributed by atoms with Crippen molar-refractivity contribution in [3.05, 3.63) is 85.5 Å². The first-order valence-corrected chi connectivity index (χ1v) is 18.4. The maximum Gasteiger partial charge on any atom is 0.0327 e. The van der Waals surface area contributed by atoms with Crippen LogP contribution < -0.4 is 0 Å². The lowest BCUT2D eigenvalue weighted by atomic mass is 9.20. The summed E-state index contributed by atoms with van der Waals surface area (Å²) in [7, 11) is 0. The predicted octanol–water partition coefficient (Wildman–Crippen LogP) is 11.7. The molecule has 0 saturated heterocycles. The molecule has 47 heavy (non-hydrogen) atoms. The summed E-state index contributed by atoms with van der Waals surface area (Å²) in [5, 5.41) is 30.3. The summed E-state index contributed by atoms with van der Waals surface area (Å²) in [6.45, 7) is 10.4. The van der Waals surface area contributed by atoms with E-state index in [1.54, 1.807) is 164 Å². The van der Waals surface area contributed by atoms with Crippen molar-refractivity contribution in [2.45, 2.75) is 70.6 Å². The summed E-state index contributed by atoms with van der Waals surface area (Å²) in [6.07, 6.45) is 7.67. The monoisotopic (exact) mass is 590 g/mol. The summed E-state index contributed by atoms with van der Waals surface area (Å²) in [5.74, 6) is 1.16. The van der Waals surface area contributed by atoms with E-state index in [0.29, 0.717) is 11.8 Å². The molecule has 0 nitrogen and oxygen atoms in total. The first kappa shape index (κ1) is 20.7. The van der Waals surface area contributed by atoms with E-state index in [4.69, 9.17) is 0 Å². The largest absolute Gasteiger partial charge is 0.0685 e. The van der Waals surface area contributed by atoms with Crippen LogP contribution in [-0.4, -0.2) is 0 Å². The zero-order chi connectivity index (χ0) is 29.6. The molecule has 5 unspecified atom stereocenters. The van der Waals surface area contributed by atoms with Gasteiger partial charge in [0, 0.05) is 22.2 Å². The molecule has 18 rings (SSSR count). The van der Waals surface area contributed by atoms with Crippen molar-refractivity contribution in [2.75, 3.05) is 0 Å². The van der Waals surface area contributed by atoms with E-state index in [2.05, 4.69) is 52.0 Å². The lowest BCUT2D eigenvalue weighted by molar-refractivity contribution is -0.131. The van der Waals surface area contributed by atoms with E-state index in [1.165, 1.54) is 12.8 Å². The minimum Gasteiger partial charge on any atom is -0.0685 e. The Kier molecular flexibility index (Phi) is 2.19. The molecule has 1 spiro atoms. The Balaban J connectivity index is 1.32.